The summed E-state index contributed by atoms with van der Waals surface area (Å²) in [4.78, 5) is 12.0. The van der Waals surface area contributed by atoms with E-state index in [4.69, 9.17) is 0 Å². The number of aryl methyl sites for hydroxylation is 1. The fourth-order valence-corrected chi connectivity index (χ4v) is 5.31. The Morgan fingerprint density at radius 2 is 2.33 bits per heavy atom. The molecule has 2 rings (SSSR count). The standard InChI is InChI=1S/C10H13BrN2O3S2/c1-6-8(4-9(11)17-6)18(15,16)12-5-7-2-3-10(14)13-7/h4,7,12H,2-3,5H2,1H3,(H,13,14). The smallest absolute Gasteiger partial charge is 0.241 e. The summed E-state index contributed by atoms with van der Waals surface area (Å²) in [6.45, 7) is 2.00. The van der Waals surface area contributed by atoms with Crippen molar-refractivity contribution in [3.05, 3.63) is 14.7 Å². The third kappa shape index (κ3) is 3.11. The van der Waals surface area contributed by atoms with Gasteiger partial charge in [-0.2, -0.15) is 0 Å². The average Bonchev–Trinajstić information content (AvgIpc) is 2.82. The molecule has 2 N–H and O–H groups in total. The number of carbonyl (C=O) groups is 1. The number of halogens is 1. The van der Waals surface area contributed by atoms with Crippen LogP contribution in [-0.4, -0.2) is 26.9 Å². The molecule has 18 heavy (non-hydrogen) atoms. The summed E-state index contributed by atoms with van der Waals surface area (Å²) in [6.07, 6.45) is 1.14. The zero-order valence-electron chi connectivity index (χ0n) is 9.70. The first-order chi connectivity index (χ1) is 8.38. The third-order valence-corrected chi connectivity index (χ3v) is 5.97. The van der Waals surface area contributed by atoms with E-state index in [-0.39, 0.29) is 18.5 Å². The van der Waals surface area contributed by atoms with Crippen molar-refractivity contribution in [3.8, 4) is 0 Å². The summed E-state index contributed by atoms with van der Waals surface area (Å²) >= 11 is 4.65. The molecule has 1 aromatic heterocycles. The number of hydrogen-bond acceptors (Lipinski definition) is 4. The van der Waals surface area contributed by atoms with Gasteiger partial charge in [0.15, 0.2) is 0 Å². The SMILES string of the molecule is Cc1sc(Br)cc1S(=O)(=O)NCC1CCC(=O)N1. The van der Waals surface area contributed by atoms with Crippen molar-refractivity contribution in [1.29, 1.82) is 0 Å². The first kappa shape index (κ1) is 14.0. The van der Waals surface area contributed by atoms with E-state index in [2.05, 4.69) is 26.0 Å². The van der Waals surface area contributed by atoms with Crippen LogP contribution in [0.1, 0.15) is 17.7 Å². The summed E-state index contributed by atoms with van der Waals surface area (Å²) in [5.74, 6) is -0.0198. The molecule has 8 heteroatoms. The lowest BCUT2D eigenvalue weighted by Crippen LogP contribution is -2.38. The highest BCUT2D eigenvalue weighted by Crippen LogP contribution is 2.29. The monoisotopic (exact) mass is 352 g/mol. The van der Waals surface area contributed by atoms with Gasteiger partial charge in [0.2, 0.25) is 15.9 Å². The van der Waals surface area contributed by atoms with Gasteiger partial charge in [-0.05, 0) is 35.3 Å². The van der Waals surface area contributed by atoms with Crippen molar-refractivity contribution in [3.63, 3.8) is 0 Å². The van der Waals surface area contributed by atoms with Gasteiger partial charge in [0.1, 0.15) is 0 Å². The summed E-state index contributed by atoms with van der Waals surface area (Å²) < 4.78 is 27.5. The second-order valence-corrected chi connectivity index (χ2v) is 8.50. The van der Waals surface area contributed by atoms with Crippen molar-refractivity contribution < 1.29 is 13.2 Å². The Bertz CT molecular complexity index is 568. The van der Waals surface area contributed by atoms with E-state index in [0.717, 1.165) is 8.66 Å². The molecule has 1 amide bonds. The molecule has 1 unspecified atom stereocenters. The first-order valence-corrected chi connectivity index (χ1v) is 8.53. The predicted octanol–water partition coefficient (Wildman–Crippen LogP) is 1.38. The Morgan fingerprint density at radius 1 is 1.61 bits per heavy atom. The third-order valence-electron chi connectivity index (χ3n) is 2.74. The van der Waals surface area contributed by atoms with Gasteiger partial charge in [0, 0.05) is 23.9 Å². The number of nitrogens with one attached hydrogen (secondary N) is 2. The molecule has 0 spiro atoms. The van der Waals surface area contributed by atoms with Gasteiger partial charge < -0.3 is 5.32 Å². The fourth-order valence-electron chi connectivity index (χ4n) is 1.82. The van der Waals surface area contributed by atoms with Crippen LogP contribution in [0.2, 0.25) is 0 Å². The van der Waals surface area contributed by atoms with E-state index in [1.807, 2.05) is 0 Å². The maximum Gasteiger partial charge on any atom is 0.241 e. The maximum atomic E-state index is 12.1. The Kier molecular flexibility index (Phi) is 4.10. The number of hydrogen-bond donors (Lipinski definition) is 2. The molecule has 0 aromatic carbocycles. The highest BCUT2D eigenvalue weighted by atomic mass is 79.9. The molecule has 1 aliphatic heterocycles. The number of carbonyl (C=O) groups excluding carboxylic acids is 1. The molecule has 1 aromatic rings. The molecule has 1 fully saturated rings. The van der Waals surface area contributed by atoms with Gasteiger partial charge >= 0.3 is 0 Å². The van der Waals surface area contributed by atoms with Crippen LogP contribution < -0.4 is 10.0 Å². The van der Waals surface area contributed by atoms with Crippen LogP contribution in [0.4, 0.5) is 0 Å². The lowest BCUT2D eigenvalue weighted by Gasteiger charge is -2.11. The average molecular weight is 353 g/mol. The van der Waals surface area contributed by atoms with Crippen molar-refractivity contribution in [1.82, 2.24) is 10.0 Å². The highest BCUT2D eigenvalue weighted by Gasteiger charge is 2.24. The molecule has 0 bridgehead atoms. The van der Waals surface area contributed by atoms with Gasteiger partial charge in [0.05, 0.1) is 8.68 Å². The van der Waals surface area contributed by atoms with Crippen LogP contribution in [0.25, 0.3) is 0 Å². The van der Waals surface area contributed by atoms with Crippen LogP contribution in [0.3, 0.4) is 0 Å². The summed E-state index contributed by atoms with van der Waals surface area (Å²) in [7, 11) is -3.50. The van der Waals surface area contributed by atoms with Crippen LogP contribution in [0.15, 0.2) is 14.7 Å². The number of rotatable bonds is 4. The van der Waals surface area contributed by atoms with Crippen molar-refractivity contribution >= 4 is 43.2 Å². The second-order valence-electron chi connectivity index (χ2n) is 4.13. The molecule has 1 saturated heterocycles. The van der Waals surface area contributed by atoms with Gasteiger partial charge in [0.25, 0.3) is 0 Å². The number of amides is 1. The summed E-state index contributed by atoms with van der Waals surface area (Å²) in [6, 6.07) is 1.49. The molecule has 1 aliphatic rings. The van der Waals surface area contributed by atoms with Gasteiger partial charge in [-0.1, -0.05) is 0 Å². The lowest BCUT2D eigenvalue weighted by molar-refractivity contribution is -0.119. The Hall–Kier alpha value is -0.440. The van der Waals surface area contributed by atoms with Gasteiger partial charge in [-0.3, -0.25) is 4.79 Å². The fraction of sp³-hybridized carbons (Fsp3) is 0.500. The largest absolute Gasteiger partial charge is 0.352 e. The van der Waals surface area contributed by atoms with Crippen LogP contribution in [-0.2, 0) is 14.8 Å². The van der Waals surface area contributed by atoms with Gasteiger partial charge in [-0.25, -0.2) is 13.1 Å². The maximum absolute atomic E-state index is 12.1. The number of sulfonamides is 1. The van der Waals surface area contributed by atoms with E-state index >= 15 is 0 Å². The highest BCUT2D eigenvalue weighted by molar-refractivity contribution is 9.11. The second kappa shape index (κ2) is 5.28. The molecule has 0 saturated carbocycles. The van der Waals surface area contributed by atoms with E-state index in [9.17, 15) is 13.2 Å². The molecule has 1 atom stereocenters. The Morgan fingerprint density at radius 3 is 2.83 bits per heavy atom. The van der Waals surface area contributed by atoms with Crippen molar-refractivity contribution in [2.45, 2.75) is 30.7 Å². The zero-order valence-corrected chi connectivity index (χ0v) is 12.9. The predicted molar refractivity (Wildman–Crippen MR) is 73.1 cm³/mol. The van der Waals surface area contributed by atoms with Crippen LogP contribution in [0, 0.1) is 6.92 Å². The molecular weight excluding hydrogens is 340 g/mol. The summed E-state index contributed by atoms with van der Waals surface area (Å²) in [5.41, 5.74) is 0. The minimum atomic E-state index is -3.50. The van der Waals surface area contributed by atoms with E-state index in [1.54, 1.807) is 13.0 Å². The quantitative estimate of drug-likeness (QED) is 0.859. The minimum absolute atomic E-state index is 0.0198. The Balaban J connectivity index is 2.04. The zero-order chi connectivity index (χ0) is 13.3. The first-order valence-electron chi connectivity index (χ1n) is 5.43. The molecule has 0 radical (unpaired) electrons. The molecule has 2 heterocycles. The Labute approximate surface area is 118 Å². The number of thiophene rings is 1. The van der Waals surface area contributed by atoms with E-state index in [1.165, 1.54) is 11.3 Å². The topological polar surface area (TPSA) is 75.3 Å². The molecular formula is C10H13BrN2O3S2. The van der Waals surface area contributed by atoms with E-state index < -0.39 is 10.0 Å². The summed E-state index contributed by atoms with van der Waals surface area (Å²) in [5, 5.41) is 2.73. The van der Waals surface area contributed by atoms with Crippen LogP contribution in [0.5, 0.6) is 0 Å². The van der Waals surface area contributed by atoms with E-state index in [0.29, 0.717) is 17.7 Å². The molecule has 5 nitrogen and oxygen atoms in total. The molecule has 0 aliphatic carbocycles. The normalized spacial score (nSPS) is 20.1. The van der Waals surface area contributed by atoms with Crippen molar-refractivity contribution in [2.75, 3.05) is 6.54 Å². The van der Waals surface area contributed by atoms with Crippen molar-refractivity contribution in [2.24, 2.45) is 0 Å². The van der Waals surface area contributed by atoms with Crippen LogP contribution >= 0.6 is 27.3 Å². The van der Waals surface area contributed by atoms with Gasteiger partial charge in [-0.15, -0.1) is 11.3 Å². The molecule has 100 valence electrons. The minimum Gasteiger partial charge on any atom is -0.352 e. The lowest BCUT2D eigenvalue weighted by atomic mass is 10.2.